The zero-order valence-electron chi connectivity index (χ0n) is 12.3. The molecule has 3 aromatic rings. The van der Waals surface area contributed by atoms with Crippen LogP contribution in [0.25, 0.3) is 11.0 Å². The van der Waals surface area contributed by atoms with Crippen molar-refractivity contribution in [3.8, 4) is 0 Å². The average molecular weight is 294 g/mol. The van der Waals surface area contributed by atoms with Gasteiger partial charge >= 0.3 is 0 Å². The van der Waals surface area contributed by atoms with E-state index in [2.05, 4.69) is 42.0 Å². The Bertz CT molecular complexity index is 745. The van der Waals surface area contributed by atoms with Gasteiger partial charge in [0.05, 0.1) is 0 Å². The number of pyridine rings is 1. The van der Waals surface area contributed by atoms with Gasteiger partial charge in [0.25, 0.3) is 0 Å². The van der Waals surface area contributed by atoms with Gasteiger partial charge in [-0.2, -0.15) is 0 Å². The molecule has 4 rings (SSSR count). The third kappa shape index (κ3) is 2.53. The highest BCUT2D eigenvalue weighted by Gasteiger charge is 2.19. The van der Waals surface area contributed by atoms with Crippen molar-refractivity contribution in [1.82, 2.24) is 24.8 Å². The Kier molecular flexibility index (Phi) is 3.44. The second kappa shape index (κ2) is 5.73. The first-order chi connectivity index (χ1) is 10.9. The van der Waals surface area contributed by atoms with Crippen LogP contribution < -0.4 is 4.90 Å². The molecule has 0 saturated carbocycles. The van der Waals surface area contributed by atoms with Crippen molar-refractivity contribution < 1.29 is 0 Å². The summed E-state index contributed by atoms with van der Waals surface area (Å²) < 4.78 is 0. The van der Waals surface area contributed by atoms with E-state index in [9.17, 15) is 0 Å². The number of fused-ring (bicyclic) bond motifs is 1. The summed E-state index contributed by atoms with van der Waals surface area (Å²) in [5.74, 6) is 0.832. The normalized spacial score (nSPS) is 16.3. The fraction of sp³-hybridized carbons (Fsp3) is 0.312. The van der Waals surface area contributed by atoms with Gasteiger partial charge in [-0.25, -0.2) is 15.0 Å². The molecule has 3 aromatic heterocycles. The average Bonchev–Trinajstić information content (AvgIpc) is 3.00. The molecule has 0 bridgehead atoms. The van der Waals surface area contributed by atoms with Gasteiger partial charge in [0.15, 0.2) is 0 Å². The maximum Gasteiger partial charge on any atom is 0.225 e. The van der Waals surface area contributed by atoms with Crippen molar-refractivity contribution >= 4 is 17.0 Å². The van der Waals surface area contributed by atoms with E-state index in [1.165, 1.54) is 10.9 Å². The maximum atomic E-state index is 4.35. The quantitative estimate of drug-likeness (QED) is 0.796. The SMILES string of the molecule is c1cnc(N2CCN(Cc3c[nH]c4ncccc34)CC2)nc1. The van der Waals surface area contributed by atoms with E-state index in [0.717, 1.165) is 44.3 Å². The lowest BCUT2D eigenvalue weighted by Gasteiger charge is -2.34. The molecule has 4 heterocycles. The van der Waals surface area contributed by atoms with Crippen LogP contribution in [-0.2, 0) is 6.54 Å². The number of nitrogens with one attached hydrogen (secondary N) is 1. The number of hydrogen-bond donors (Lipinski definition) is 1. The van der Waals surface area contributed by atoms with Crippen LogP contribution in [0.4, 0.5) is 5.95 Å². The summed E-state index contributed by atoms with van der Waals surface area (Å²) >= 11 is 0. The molecule has 6 heteroatoms. The lowest BCUT2D eigenvalue weighted by molar-refractivity contribution is 0.249. The van der Waals surface area contributed by atoms with E-state index in [4.69, 9.17) is 0 Å². The molecule has 22 heavy (non-hydrogen) atoms. The minimum Gasteiger partial charge on any atom is -0.346 e. The van der Waals surface area contributed by atoms with Crippen LogP contribution >= 0.6 is 0 Å². The van der Waals surface area contributed by atoms with Crippen LogP contribution in [0.1, 0.15) is 5.56 Å². The standard InChI is InChI=1S/C16H18N6/c1-3-14-13(11-20-15(14)17-4-1)12-21-7-9-22(10-8-21)16-18-5-2-6-19-16/h1-6,11H,7-10,12H2,(H,17,20). The fourth-order valence-electron chi connectivity index (χ4n) is 2.94. The van der Waals surface area contributed by atoms with Gasteiger partial charge < -0.3 is 9.88 Å². The van der Waals surface area contributed by atoms with Gasteiger partial charge in [-0.3, -0.25) is 4.90 Å². The molecule has 6 nitrogen and oxygen atoms in total. The number of hydrogen-bond acceptors (Lipinski definition) is 5. The minimum atomic E-state index is 0.832. The van der Waals surface area contributed by atoms with E-state index in [1.807, 2.05) is 18.3 Å². The number of anilines is 1. The van der Waals surface area contributed by atoms with Crippen molar-refractivity contribution in [3.05, 3.63) is 48.5 Å². The van der Waals surface area contributed by atoms with Crippen molar-refractivity contribution in [3.63, 3.8) is 0 Å². The zero-order chi connectivity index (χ0) is 14.8. The minimum absolute atomic E-state index is 0.832. The highest BCUT2D eigenvalue weighted by Crippen LogP contribution is 2.19. The van der Waals surface area contributed by atoms with Crippen LogP contribution in [0.5, 0.6) is 0 Å². The van der Waals surface area contributed by atoms with Gasteiger partial charge in [0.2, 0.25) is 5.95 Å². The largest absolute Gasteiger partial charge is 0.346 e. The van der Waals surface area contributed by atoms with Crippen LogP contribution in [-0.4, -0.2) is 51.0 Å². The first-order valence-electron chi connectivity index (χ1n) is 7.55. The smallest absolute Gasteiger partial charge is 0.225 e. The predicted molar refractivity (Wildman–Crippen MR) is 85.6 cm³/mol. The molecule has 1 N–H and O–H groups in total. The number of piperazine rings is 1. The summed E-state index contributed by atoms with van der Waals surface area (Å²) in [5, 5.41) is 1.22. The van der Waals surface area contributed by atoms with Crippen LogP contribution in [0.15, 0.2) is 43.0 Å². The highest BCUT2D eigenvalue weighted by molar-refractivity contribution is 5.79. The fourth-order valence-corrected chi connectivity index (χ4v) is 2.94. The molecule has 112 valence electrons. The maximum absolute atomic E-state index is 4.35. The Hall–Kier alpha value is -2.47. The van der Waals surface area contributed by atoms with E-state index >= 15 is 0 Å². The topological polar surface area (TPSA) is 60.9 Å². The second-order valence-electron chi connectivity index (χ2n) is 5.53. The lowest BCUT2D eigenvalue weighted by Crippen LogP contribution is -2.46. The summed E-state index contributed by atoms with van der Waals surface area (Å²) in [5.41, 5.74) is 2.28. The Morgan fingerprint density at radius 2 is 1.73 bits per heavy atom. The summed E-state index contributed by atoms with van der Waals surface area (Å²) in [6.07, 6.45) is 7.49. The van der Waals surface area contributed by atoms with Gasteiger partial charge in [0.1, 0.15) is 5.65 Å². The second-order valence-corrected chi connectivity index (χ2v) is 5.53. The van der Waals surface area contributed by atoms with Crippen LogP contribution in [0.3, 0.4) is 0 Å². The van der Waals surface area contributed by atoms with Gasteiger partial charge in [0, 0.05) is 62.9 Å². The van der Waals surface area contributed by atoms with E-state index in [1.54, 1.807) is 12.4 Å². The highest BCUT2D eigenvalue weighted by atomic mass is 15.3. The number of nitrogens with zero attached hydrogens (tertiary/aromatic N) is 5. The molecule has 1 fully saturated rings. The van der Waals surface area contributed by atoms with Crippen molar-refractivity contribution in [2.24, 2.45) is 0 Å². The zero-order valence-corrected chi connectivity index (χ0v) is 12.3. The first kappa shape index (κ1) is 13.2. The van der Waals surface area contributed by atoms with Gasteiger partial charge in [-0.1, -0.05) is 0 Å². The molecule has 1 aliphatic rings. The molecule has 0 aromatic carbocycles. The molecule has 0 atom stereocenters. The van der Waals surface area contributed by atoms with E-state index in [0.29, 0.717) is 0 Å². The number of rotatable bonds is 3. The summed E-state index contributed by atoms with van der Waals surface area (Å²) in [7, 11) is 0. The van der Waals surface area contributed by atoms with Crippen molar-refractivity contribution in [1.29, 1.82) is 0 Å². The first-order valence-corrected chi connectivity index (χ1v) is 7.55. The molecular formula is C16H18N6. The monoisotopic (exact) mass is 294 g/mol. The Morgan fingerprint density at radius 3 is 2.55 bits per heavy atom. The molecule has 1 aliphatic heterocycles. The molecule has 0 unspecified atom stereocenters. The van der Waals surface area contributed by atoms with E-state index < -0.39 is 0 Å². The van der Waals surface area contributed by atoms with Crippen LogP contribution in [0, 0.1) is 0 Å². The third-order valence-electron chi connectivity index (χ3n) is 4.14. The number of aromatic nitrogens is 4. The Balaban J connectivity index is 1.42. The Labute approximate surface area is 128 Å². The molecule has 0 amide bonds. The molecule has 0 aliphatic carbocycles. The van der Waals surface area contributed by atoms with Crippen molar-refractivity contribution in [2.45, 2.75) is 6.54 Å². The van der Waals surface area contributed by atoms with Gasteiger partial charge in [-0.15, -0.1) is 0 Å². The number of aromatic amines is 1. The van der Waals surface area contributed by atoms with Crippen LogP contribution in [0.2, 0.25) is 0 Å². The molecule has 1 saturated heterocycles. The molecule has 0 radical (unpaired) electrons. The lowest BCUT2D eigenvalue weighted by atomic mass is 10.2. The summed E-state index contributed by atoms with van der Waals surface area (Å²) in [4.78, 5) is 21.0. The Morgan fingerprint density at radius 1 is 0.955 bits per heavy atom. The number of H-pyrrole nitrogens is 1. The summed E-state index contributed by atoms with van der Waals surface area (Å²) in [6.45, 7) is 4.92. The molecular weight excluding hydrogens is 276 g/mol. The summed E-state index contributed by atoms with van der Waals surface area (Å²) in [6, 6.07) is 5.97. The molecule has 0 spiro atoms. The van der Waals surface area contributed by atoms with Gasteiger partial charge in [-0.05, 0) is 23.8 Å². The predicted octanol–water partition coefficient (Wildman–Crippen LogP) is 1.68. The van der Waals surface area contributed by atoms with Crippen molar-refractivity contribution in [2.75, 3.05) is 31.1 Å². The van der Waals surface area contributed by atoms with E-state index in [-0.39, 0.29) is 0 Å². The third-order valence-corrected chi connectivity index (χ3v) is 4.14.